The number of methoxy groups -OCH3 is 1. The fourth-order valence-corrected chi connectivity index (χ4v) is 1.77. The Morgan fingerprint density at radius 1 is 1.29 bits per heavy atom. The van der Waals surface area contributed by atoms with Crippen LogP contribution < -0.4 is 16.4 Å². The van der Waals surface area contributed by atoms with E-state index in [2.05, 4.69) is 10.6 Å². The number of nitrogens with two attached hydrogens (primary N) is 1. The normalized spacial score (nSPS) is 10.4. The minimum atomic E-state index is -0.109. The molecule has 6 nitrogen and oxygen atoms in total. The van der Waals surface area contributed by atoms with Gasteiger partial charge in [0.2, 0.25) is 0 Å². The third-order valence-electron chi connectivity index (χ3n) is 2.86. The lowest BCUT2D eigenvalue weighted by Crippen LogP contribution is -2.22. The Kier molecular flexibility index (Phi) is 8.23. The van der Waals surface area contributed by atoms with E-state index >= 15 is 0 Å². The van der Waals surface area contributed by atoms with Crippen molar-refractivity contribution >= 4 is 17.3 Å². The molecule has 21 heavy (non-hydrogen) atoms. The topological polar surface area (TPSA) is 85.6 Å². The van der Waals surface area contributed by atoms with E-state index in [-0.39, 0.29) is 5.91 Å². The van der Waals surface area contributed by atoms with E-state index in [9.17, 15) is 4.79 Å². The summed E-state index contributed by atoms with van der Waals surface area (Å²) in [7, 11) is 1.65. The van der Waals surface area contributed by atoms with Crippen LogP contribution in [0.3, 0.4) is 0 Å². The second-order valence-corrected chi connectivity index (χ2v) is 4.55. The van der Waals surface area contributed by atoms with Gasteiger partial charge in [-0.2, -0.15) is 0 Å². The maximum absolute atomic E-state index is 11.7. The first-order valence-electron chi connectivity index (χ1n) is 7.17. The maximum atomic E-state index is 11.7. The lowest BCUT2D eigenvalue weighted by molar-refractivity contribution is 0.0705. The summed E-state index contributed by atoms with van der Waals surface area (Å²) >= 11 is 0. The van der Waals surface area contributed by atoms with Crippen LogP contribution >= 0.6 is 0 Å². The molecule has 0 saturated carbocycles. The van der Waals surface area contributed by atoms with E-state index in [1.165, 1.54) is 0 Å². The Labute approximate surface area is 126 Å². The first-order chi connectivity index (χ1) is 10.2. The molecule has 0 bridgehead atoms. The highest BCUT2D eigenvalue weighted by molar-refractivity contribution is 5.96. The molecule has 1 aromatic carbocycles. The standard InChI is InChI=1S/C15H25N3O3/c1-3-17-15(19)12-5-6-14(13(16)11-12)18-7-4-8-21-10-9-20-2/h5-6,11,18H,3-4,7-10,16H2,1-2H3,(H,17,19). The average molecular weight is 295 g/mol. The van der Waals surface area contributed by atoms with Crippen molar-refractivity contribution in [1.82, 2.24) is 5.32 Å². The average Bonchev–Trinajstić information content (AvgIpc) is 2.48. The van der Waals surface area contributed by atoms with Gasteiger partial charge in [-0.15, -0.1) is 0 Å². The molecule has 0 aromatic heterocycles. The summed E-state index contributed by atoms with van der Waals surface area (Å²) in [4.78, 5) is 11.7. The predicted octanol–water partition coefficient (Wildman–Crippen LogP) is 1.48. The zero-order valence-electron chi connectivity index (χ0n) is 12.8. The number of ether oxygens (including phenoxy) is 2. The molecule has 0 radical (unpaired) electrons. The molecule has 118 valence electrons. The zero-order valence-corrected chi connectivity index (χ0v) is 12.8. The van der Waals surface area contributed by atoms with E-state index in [1.54, 1.807) is 19.2 Å². The zero-order chi connectivity index (χ0) is 15.5. The molecule has 1 rings (SSSR count). The maximum Gasteiger partial charge on any atom is 0.251 e. The number of rotatable bonds is 10. The Hall–Kier alpha value is -1.79. The van der Waals surface area contributed by atoms with Crippen molar-refractivity contribution < 1.29 is 14.3 Å². The lowest BCUT2D eigenvalue weighted by atomic mass is 10.1. The van der Waals surface area contributed by atoms with Crippen LogP contribution in [0.25, 0.3) is 0 Å². The van der Waals surface area contributed by atoms with Crippen molar-refractivity contribution in [2.45, 2.75) is 13.3 Å². The molecule has 0 unspecified atom stereocenters. The predicted molar refractivity (Wildman–Crippen MR) is 84.7 cm³/mol. The van der Waals surface area contributed by atoms with Gasteiger partial charge in [0.05, 0.1) is 24.6 Å². The SMILES string of the molecule is CCNC(=O)c1ccc(NCCCOCCOC)c(N)c1. The first kappa shape index (κ1) is 17.3. The van der Waals surface area contributed by atoms with Crippen molar-refractivity contribution in [3.8, 4) is 0 Å². The Morgan fingerprint density at radius 2 is 2.10 bits per heavy atom. The molecule has 0 spiro atoms. The largest absolute Gasteiger partial charge is 0.397 e. The Bertz CT molecular complexity index is 438. The van der Waals surface area contributed by atoms with E-state index in [1.807, 2.05) is 13.0 Å². The number of amides is 1. The summed E-state index contributed by atoms with van der Waals surface area (Å²) in [5, 5.41) is 5.98. The number of hydrogen-bond acceptors (Lipinski definition) is 5. The molecule has 6 heteroatoms. The van der Waals surface area contributed by atoms with Gasteiger partial charge in [-0.05, 0) is 31.5 Å². The van der Waals surface area contributed by atoms with Gasteiger partial charge >= 0.3 is 0 Å². The molecule has 4 N–H and O–H groups in total. The van der Waals surface area contributed by atoms with Crippen LogP contribution in [-0.4, -0.2) is 45.9 Å². The summed E-state index contributed by atoms with van der Waals surface area (Å²) in [6.07, 6.45) is 0.876. The minimum absolute atomic E-state index is 0.109. The lowest BCUT2D eigenvalue weighted by Gasteiger charge is -2.11. The Balaban J connectivity index is 2.34. The second-order valence-electron chi connectivity index (χ2n) is 4.55. The van der Waals surface area contributed by atoms with Crippen molar-refractivity contribution in [3.63, 3.8) is 0 Å². The van der Waals surface area contributed by atoms with Gasteiger partial charge in [0, 0.05) is 32.4 Å². The molecule has 0 atom stereocenters. The fraction of sp³-hybridized carbons (Fsp3) is 0.533. The summed E-state index contributed by atoms with van der Waals surface area (Å²) in [6, 6.07) is 5.27. The van der Waals surface area contributed by atoms with Gasteiger partial charge in [0.1, 0.15) is 0 Å². The van der Waals surface area contributed by atoms with Gasteiger partial charge in [-0.1, -0.05) is 0 Å². The highest BCUT2D eigenvalue weighted by atomic mass is 16.5. The number of nitrogens with one attached hydrogen (secondary N) is 2. The van der Waals surface area contributed by atoms with Crippen molar-refractivity contribution in [1.29, 1.82) is 0 Å². The van der Waals surface area contributed by atoms with Crippen LogP contribution in [0.15, 0.2) is 18.2 Å². The monoisotopic (exact) mass is 295 g/mol. The highest BCUT2D eigenvalue weighted by Gasteiger charge is 2.06. The van der Waals surface area contributed by atoms with Crippen LogP contribution in [0.2, 0.25) is 0 Å². The van der Waals surface area contributed by atoms with Crippen LogP contribution in [0.5, 0.6) is 0 Å². The molecule has 0 saturated heterocycles. The van der Waals surface area contributed by atoms with Gasteiger partial charge < -0.3 is 25.8 Å². The third-order valence-corrected chi connectivity index (χ3v) is 2.86. The van der Waals surface area contributed by atoms with Crippen LogP contribution in [0.4, 0.5) is 11.4 Å². The summed E-state index contributed by atoms with van der Waals surface area (Å²) in [5.74, 6) is -0.109. The van der Waals surface area contributed by atoms with E-state index in [0.29, 0.717) is 37.6 Å². The van der Waals surface area contributed by atoms with Gasteiger partial charge in [-0.3, -0.25) is 4.79 Å². The number of hydrogen-bond donors (Lipinski definition) is 3. The van der Waals surface area contributed by atoms with Gasteiger partial charge in [-0.25, -0.2) is 0 Å². The number of benzene rings is 1. The van der Waals surface area contributed by atoms with Gasteiger partial charge in [0.25, 0.3) is 5.91 Å². The summed E-state index contributed by atoms with van der Waals surface area (Å²) in [5.41, 5.74) is 7.92. The van der Waals surface area contributed by atoms with E-state index in [0.717, 1.165) is 18.7 Å². The highest BCUT2D eigenvalue weighted by Crippen LogP contribution is 2.19. The Morgan fingerprint density at radius 3 is 2.76 bits per heavy atom. The van der Waals surface area contributed by atoms with Crippen molar-refractivity contribution in [2.75, 3.05) is 51.1 Å². The molecule has 0 fully saturated rings. The van der Waals surface area contributed by atoms with Crippen molar-refractivity contribution in [3.05, 3.63) is 23.8 Å². The molecular formula is C15H25N3O3. The van der Waals surface area contributed by atoms with E-state index in [4.69, 9.17) is 15.2 Å². The molecule has 0 aliphatic heterocycles. The number of carbonyl (C=O) groups excluding carboxylic acids is 1. The van der Waals surface area contributed by atoms with Gasteiger partial charge in [0.15, 0.2) is 0 Å². The second kappa shape index (κ2) is 10.0. The molecule has 1 aromatic rings. The van der Waals surface area contributed by atoms with Crippen LogP contribution in [0.1, 0.15) is 23.7 Å². The fourth-order valence-electron chi connectivity index (χ4n) is 1.77. The van der Waals surface area contributed by atoms with Crippen LogP contribution in [-0.2, 0) is 9.47 Å². The molecular weight excluding hydrogens is 270 g/mol. The van der Waals surface area contributed by atoms with Crippen molar-refractivity contribution in [2.24, 2.45) is 0 Å². The third kappa shape index (κ3) is 6.46. The number of nitrogen functional groups attached to an aromatic ring is 1. The summed E-state index contributed by atoms with van der Waals surface area (Å²) in [6.45, 7) is 5.14. The van der Waals surface area contributed by atoms with E-state index < -0.39 is 0 Å². The summed E-state index contributed by atoms with van der Waals surface area (Å²) < 4.78 is 10.3. The number of anilines is 2. The quantitative estimate of drug-likeness (QED) is 0.450. The molecule has 0 aliphatic rings. The minimum Gasteiger partial charge on any atom is -0.397 e. The first-order valence-corrected chi connectivity index (χ1v) is 7.17. The smallest absolute Gasteiger partial charge is 0.251 e. The molecule has 0 aliphatic carbocycles. The number of carbonyl (C=O) groups is 1. The van der Waals surface area contributed by atoms with Crippen LogP contribution in [0, 0.1) is 0 Å². The molecule has 1 amide bonds. The molecule has 0 heterocycles.